The molecule has 0 fully saturated rings. The first-order chi connectivity index (χ1) is 16.2. The molecule has 180 valence electrons. The van der Waals surface area contributed by atoms with Crippen molar-refractivity contribution in [2.45, 2.75) is 59.5 Å². The number of hydrogen-bond acceptors (Lipinski definition) is 4. The van der Waals surface area contributed by atoms with Crippen LogP contribution in [0.25, 0.3) is 16.7 Å². The molecular weight excluding hydrogens is 440 g/mol. The average Bonchev–Trinajstić information content (AvgIpc) is 2.91. The van der Waals surface area contributed by atoms with Crippen molar-refractivity contribution < 1.29 is 19.1 Å². The van der Waals surface area contributed by atoms with Crippen molar-refractivity contribution in [3.8, 4) is 11.1 Å². The maximum atomic E-state index is 12.9. The topological polar surface area (TPSA) is 80.3 Å². The number of rotatable bonds is 3. The molecule has 0 saturated carbocycles. The predicted octanol–water partition coefficient (Wildman–Crippen LogP) is 5.47. The summed E-state index contributed by atoms with van der Waals surface area (Å²) in [5, 5.41) is 12.9. The van der Waals surface area contributed by atoms with Gasteiger partial charge in [0.25, 0.3) is 5.54 Å². The number of hydroxylamine groups is 1. The molecule has 2 aromatic rings. The van der Waals surface area contributed by atoms with Gasteiger partial charge in [0, 0.05) is 38.2 Å². The minimum Gasteiger partial charge on any atom is -0.618 e. The van der Waals surface area contributed by atoms with Gasteiger partial charge in [0.15, 0.2) is 0 Å². The Morgan fingerprint density at radius 2 is 1.17 bits per heavy atom. The van der Waals surface area contributed by atoms with E-state index in [1.807, 2.05) is 57.2 Å². The number of nitroso groups, excluding NO2 is 1. The highest BCUT2D eigenvalue weighted by Crippen LogP contribution is 2.36. The quantitative estimate of drug-likeness (QED) is 0.257. The van der Waals surface area contributed by atoms with Crippen molar-refractivity contribution in [1.29, 1.82) is 0 Å². The van der Waals surface area contributed by atoms with Gasteiger partial charge in [0.1, 0.15) is 10.3 Å². The highest BCUT2D eigenvalue weighted by Gasteiger charge is 2.68. The molecule has 0 spiro atoms. The molecule has 1 aliphatic heterocycles. The van der Waals surface area contributed by atoms with E-state index in [-0.39, 0.29) is 5.84 Å². The summed E-state index contributed by atoms with van der Waals surface area (Å²) in [5.74, 6) is -0.826. The molecule has 6 nitrogen and oxygen atoms in total. The number of hydrogen-bond donors (Lipinski definition) is 0. The molecule has 0 amide bonds. The van der Waals surface area contributed by atoms with Crippen molar-refractivity contribution in [2.75, 3.05) is 0 Å². The number of ketones is 2. The van der Waals surface area contributed by atoms with Gasteiger partial charge < -0.3 is 5.21 Å². The zero-order valence-corrected chi connectivity index (χ0v) is 21.3. The van der Waals surface area contributed by atoms with Gasteiger partial charge in [-0.1, -0.05) is 57.2 Å². The second kappa shape index (κ2) is 7.94. The normalized spacial score (nSPS) is 19.7. The number of carbonyl (C=O) groups is 2. The summed E-state index contributed by atoms with van der Waals surface area (Å²) in [6.07, 6.45) is 3.20. The summed E-state index contributed by atoms with van der Waals surface area (Å²) >= 11 is 0. The fourth-order valence-corrected chi connectivity index (χ4v) is 4.34. The number of nitrogens with zero attached hydrogens (tertiary/aromatic N) is 2. The van der Waals surface area contributed by atoms with Crippen LogP contribution < -0.4 is 0 Å². The van der Waals surface area contributed by atoms with E-state index in [0.717, 1.165) is 31.8 Å². The average molecular weight is 472 g/mol. The van der Waals surface area contributed by atoms with Crippen molar-refractivity contribution in [1.82, 2.24) is 0 Å². The Hall–Kier alpha value is -3.67. The molecule has 1 aliphatic carbocycles. The third-order valence-corrected chi connectivity index (χ3v) is 7.45. The van der Waals surface area contributed by atoms with Gasteiger partial charge in [-0.2, -0.15) is 0 Å². The second-order valence-corrected chi connectivity index (χ2v) is 11.3. The van der Waals surface area contributed by atoms with Crippen LogP contribution in [0.3, 0.4) is 0 Å². The lowest BCUT2D eigenvalue weighted by Crippen LogP contribution is -2.50. The molecule has 1 heterocycles. The van der Waals surface area contributed by atoms with Gasteiger partial charge in [-0.3, -0.25) is 9.59 Å². The van der Waals surface area contributed by atoms with Crippen molar-refractivity contribution >= 4 is 23.0 Å². The second-order valence-electron chi connectivity index (χ2n) is 11.3. The maximum Gasteiger partial charge on any atom is 0.504 e. The van der Waals surface area contributed by atoms with E-state index < -0.39 is 28.1 Å². The molecule has 0 saturated heterocycles. The lowest BCUT2D eigenvalue weighted by Gasteiger charge is -2.24. The lowest BCUT2D eigenvalue weighted by molar-refractivity contribution is -0.555. The number of allylic oxidation sites excluding steroid dienone is 4. The van der Waals surface area contributed by atoms with Crippen LogP contribution in [0.15, 0.2) is 66.3 Å². The SMILES string of the molecule is CC(C)(C)C1=CC(c2ccc(-c3ccc(C4=[N+]([O-])C(C)(C)C(C)(C)[N+]4=O)cc3)cc2)=CC(=O)C1=O. The molecule has 0 atom stereocenters. The Bertz CT molecular complexity index is 1350. The predicted molar refractivity (Wildman–Crippen MR) is 137 cm³/mol. The Balaban J connectivity index is 1.62. The summed E-state index contributed by atoms with van der Waals surface area (Å²) in [6, 6.07) is 15.1. The molecule has 0 unspecified atom stereocenters. The minimum atomic E-state index is -0.861. The van der Waals surface area contributed by atoms with E-state index in [1.54, 1.807) is 45.9 Å². The van der Waals surface area contributed by atoms with Gasteiger partial charge in [-0.15, -0.1) is 4.74 Å². The monoisotopic (exact) mass is 471 g/mol. The van der Waals surface area contributed by atoms with Crippen molar-refractivity contribution in [3.05, 3.63) is 87.5 Å². The number of benzene rings is 2. The minimum absolute atomic E-state index is 0.117. The Morgan fingerprint density at radius 1 is 0.714 bits per heavy atom. The van der Waals surface area contributed by atoms with E-state index in [1.165, 1.54) is 6.08 Å². The summed E-state index contributed by atoms with van der Waals surface area (Å²) in [5.41, 5.74) is 2.39. The van der Waals surface area contributed by atoms with Crippen molar-refractivity contribution in [3.63, 3.8) is 0 Å². The van der Waals surface area contributed by atoms with Crippen LogP contribution in [0.5, 0.6) is 0 Å². The molecule has 0 bridgehead atoms. The van der Waals surface area contributed by atoms with Crippen LogP contribution in [0, 0.1) is 15.5 Å². The lowest BCUT2D eigenvalue weighted by atomic mass is 9.78. The molecule has 2 aliphatic rings. The van der Waals surface area contributed by atoms with E-state index >= 15 is 0 Å². The van der Waals surface area contributed by atoms with Gasteiger partial charge in [0.2, 0.25) is 17.1 Å². The largest absolute Gasteiger partial charge is 0.618 e. The zero-order chi connectivity index (χ0) is 25.9. The Kier molecular flexibility index (Phi) is 5.55. The van der Waals surface area contributed by atoms with Crippen molar-refractivity contribution in [2.24, 2.45) is 5.41 Å². The third-order valence-electron chi connectivity index (χ3n) is 7.45. The van der Waals surface area contributed by atoms with Gasteiger partial charge in [-0.25, -0.2) is 0 Å². The summed E-state index contributed by atoms with van der Waals surface area (Å²) in [6.45, 7) is 12.9. The summed E-state index contributed by atoms with van der Waals surface area (Å²) in [7, 11) is 0. The molecule has 0 aromatic heterocycles. The fourth-order valence-electron chi connectivity index (χ4n) is 4.34. The van der Waals surface area contributed by atoms with Gasteiger partial charge in [-0.05, 0) is 52.0 Å². The Morgan fingerprint density at radius 3 is 1.60 bits per heavy atom. The van der Waals surface area contributed by atoms with Crippen LogP contribution in [-0.4, -0.2) is 38.0 Å². The van der Waals surface area contributed by atoms with E-state index in [4.69, 9.17) is 0 Å². The highest BCUT2D eigenvalue weighted by atomic mass is 16.5. The number of carbonyl (C=O) groups excluding carboxylic acids is 2. The zero-order valence-electron chi connectivity index (χ0n) is 21.3. The first-order valence-electron chi connectivity index (χ1n) is 11.7. The van der Waals surface area contributed by atoms with Gasteiger partial charge in [0.05, 0.1) is 0 Å². The molecule has 0 N–H and O–H groups in total. The summed E-state index contributed by atoms with van der Waals surface area (Å²) in [4.78, 5) is 37.5. The van der Waals surface area contributed by atoms with Gasteiger partial charge >= 0.3 is 5.84 Å². The standard InChI is InChI=1S/C29H31N2O4/c1-27(2,3)23-16-22(17-24(32)25(23)33)20-10-8-18(9-11-20)19-12-14-21(15-13-19)26-30(34)28(4,5)29(6,7)31(26)35/h8-17H,1-7H3/q+1. The van der Waals surface area contributed by atoms with E-state index in [0.29, 0.717) is 11.1 Å². The first kappa shape index (κ1) is 24.5. The molecule has 35 heavy (non-hydrogen) atoms. The first-order valence-corrected chi connectivity index (χ1v) is 11.7. The molecular formula is C29H31N2O4+. The molecule has 2 aromatic carbocycles. The maximum absolute atomic E-state index is 12.9. The number of Topliss-reactive ketones (excluding diaryl/α,β-unsaturated/α-hetero) is 1. The van der Waals surface area contributed by atoms with E-state index in [2.05, 4.69) is 0 Å². The number of amidine groups is 1. The summed E-state index contributed by atoms with van der Waals surface area (Å²) < 4.78 is 1.63. The fraction of sp³-hybridized carbons (Fsp3) is 0.345. The molecule has 0 radical (unpaired) electrons. The van der Waals surface area contributed by atoms with E-state index in [9.17, 15) is 19.7 Å². The molecule has 4 rings (SSSR count). The van der Waals surface area contributed by atoms with Crippen LogP contribution in [0.4, 0.5) is 0 Å². The highest BCUT2D eigenvalue weighted by molar-refractivity contribution is 6.50. The Labute approximate surface area is 205 Å². The third kappa shape index (κ3) is 3.87. The van der Waals surface area contributed by atoms with Crippen LogP contribution in [0.2, 0.25) is 0 Å². The van der Waals surface area contributed by atoms with Crippen LogP contribution in [-0.2, 0) is 9.59 Å². The molecule has 6 heteroatoms. The van der Waals surface area contributed by atoms with Crippen LogP contribution >= 0.6 is 0 Å². The van der Waals surface area contributed by atoms with Crippen LogP contribution in [0.1, 0.15) is 59.6 Å². The smallest absolute Gasteiger partial charge is 0.504 e.